The number of sulfonamides is 1. The van der Waals surface area contributed by atoms with Gasteiger partial charge in [0.1, 0.15) is 23.9 Å². The molecule has 0 saturated heterocycles. The number of hydrogen-bond donors (Lipinski definition) is 2. The Morgan fingerprint density at radius 1 is 1.23 bits per heavy atom. The van der Waals surface area contributed by atoms with Crippen molar-refractivity contribution < 1.29 is 18.3 Å². The third kappa shape index (κ3) is 4.53. The number of anilines is 1. The van der Waals surface area contributed by atoms with E-state index in [4.69, 9.17) is 9.84 Å². The van der Waals surface area contributed by atoms with Crippen molar-refractivity contribution in [2.75, 3.05) is 4.72 Å². The number of rotatable bonds is 7. The lowest BCUT2D eigenvalue weighted by Gasteiger charge is -2.10. The monoisotopic (exact) mass is 454 g/mol. The molecule has 2 aromatic heterocycles. The Morgan fingerprint density at radius 3 is 2.68 bits per heavy atom. The fourth-order valence-corrected chi connectivity index (χ4v) is 4.31. The second kappa shape index (κ2) is 8.52. The maximum absolute atomic E-state index is 12.5. The number of aliphatic hydroxyl groups excluding tert-OH is 1. The van der Waals surface area contributed by atoms with Crippen LogP contribution >= 0.6 is 11.5 Å². The molecule has 0 saturated carbocycles. The molecule has 0 radical (unpaired) electrons. The van der Waals surface area contributed by atoms with Crippen LogP contribution in [0.2, 0.25) is 0 Å². The Hall–Kier alpha value is -3.79. The van der Waals surface area contributed by atoms with E-state index in [1.165, 1.54) is 24.5 Å². The molecule has 0 aliphatic heterocycles. The fraction of sp³-hybridized carbons (Fsp3) is 0.0526. The number of hydrogen-bond acceptors (Lipinski definition) is 9. The molecule has 0 fully saturated rings. The van der Waals surface area contributed by atoms with Gasteiger partial charge in [-0.3, -0.25) is 4.72 Å². The summed E-state index contributed by atoms with van der Waals surface area (Å²) in [7, 11) is -3.92. The Bertz CT molecular complexity index is 1340. The highest BCUT2D eigenvalue weighted by atomic mass is 32.2. The number of aromatic nitrogens is 4. The maximum atomic E-state index is 12.5. The van der Waals surface area contributed by atoms with Crippen LogP contribution in [-0.2, 0) is 16.6 Å². The minimum Gasteiger partial charge on any atom is -0.456 e. The molecular formula is C19H14N6O4S2. The summed E-state index contributed by atoms with van der Waals surface area (Å²) >= 11 is 0.902. The first-order valence-corrected chi connectivity index (χ1v) is 11.0. The standard InChI is InChI=1S/C19H14N6O4S2/c20-8-14-7-17(31(27,28)24-19-21-12-23-30-19)5-6-18(14)29-16-3-1-15(2-4-16)25-10-13(11-26)9-22-25/h1-7,9-10,12,26H,11H2,(H,21,23,24). The summed E-state index contributed by atoms with van der Waals surface area (Å²) in [4.78, 5) is 3.69. The molecule has 4 rings (SSSR count). The smallest absolute Gasteiger partial charge is 0.263 e. The molecule has 156 valence electrons. The summed E-state index contributed by atoms with van der Waals surface area (Å²) in [5.41, 5.74) is 1.51. The van der Waals surface area contributed by atoms with E-state index in [-0.39, 0.29) is 27.9 Å². The predicted molar refractivity (Wildman–Crippen MR) is 111 cm³/mol. The van der Waals surface area contributed by atoms with Gasteiger partial charge in [0.05, 0.1) is 29.0 Å². The lowest BCUT2D eigenvalue weighted by molar-refractivity contribution is 0.282. The van der Waals surface area contributed by atoms with Crippen molar-refractivity contribution in [3.8, 4) is 23.3 Å². The fourth-order valence-electron chi connectivity index (χ4n) is 2.62. The van der Waals surface area contributed by atoms with E-state index in [2.05, 4.69) is 19.2 Å². The van der Waals surface area contributed by atoms with Crippen LogP contribution in [0.25, 0.3) is 5.69 Å². The van der Waals surface area contributed by atoms with Crippen molar-refractivity contribution in [2.24, 2.45) is 0 Å². The average molecular weight is 454 g/mol. The summed E-state index contributed by atoms with van der Waals surface area (Å²) in [5.74, 6) is 0.671. The van der Waals surface area contributed by atoms with E-state index in [0.717, 1.165) is 17.2 Å². The SMILES string of the molecule is N#Cc1cc(S(=O)(=O)Nc2ncns2)ccc1Oc1ccc(-n2cc(CO)cn2)cc1. The maximum Gasteiger partial charge on any atom is 0.263 e. The van der Waals surface area contributed by atoms with E-state index >= 15 is 0 Å². The van der Waals surface area contributed by atoms with E-state index < -0.39 is 10.0 Å². The van der Waals surface area contributed by atoms with Crippen LogP contribution < -0.4 is 9.46 Å². The van der Waals surface area contributed by atoms with Crippen LogP contribution in [0.4, 0.5) is 5.13 Å². The lowest BCUT2D eigenvalue weighted by Crippen LogP contribution is -2.13. The Morgan fingerprint density at radius 2 is 2.03 bits per heavy atom. The van der Waals surface area contributed by atoms with Gasteiger partial charge in [-0.25, -0.2) is 18.1 Å². The third-order valence-electron chi connectivity index (χ3n) is 4.11. The Labute approximate surface area is 181 Å². The first kappa shape index (κ1) is 20.5. The van der Waals surface area contributed by atoms with Crippen LogP contribution in [0.1, 0.15) is 11.1 Å². The molecule has 0 atom stereocenters. The average Bonchev–Trinajstić information content (AvgIpc) is 3.46. The molecule has 2 heterocycles. The molecule has 12 heteroatoms. The summed E-state index contributed by atoms with van der Waals surface area (Å²) < 4.78 is 38.4. The van der Waals surface area contributed by atoms with Gasteiger partial charge in [-0.15, -0.1) is 0 Å². The van der Waals surface area contributed by atoms with E-state index in [1.807, 2.05) is 6.07 Å². The zero-order valence-electron chi connectivity index (χ0n) is 15.7. The number of nitrogens with one attached hydrogen (secondary N) is 1. The van der Waals surface area contributed by atoms with Crippen LogP contribution in [0.3, 0.4) is 0 Å². The summed E-state index contributed by atoms with van der Waals surface area (Å²) in [6, 6.07) is 12.9. The number of ether oxygens (including phenoxy) is 1. The zero-order valence-corrected chi connectivity index (χ0v) is 17.3. The molecule has 0 aliphatic carbocycles. The molecule has 10 nitrogen and oxygen atoms in total. The van der Waals surface area contributed by atoms with Gasteiger partial charge in [0.25, 0.3) is 10.0 Å². The van der Waals surface area contributed by atoms with Crippen LogP contribution in [0.15, 0.2) is 66.1 Å². The van der Waals surface area contributed by atoms with Crippen molar-refractivity contribution in [3.63, 3.8) is 0 Å². The van der Waals surface area contributed by atoms with Gasteiger partial charge in [0, 0.05) is 23.3 Å². The second-order valence-electron chi connectivity index (χ2n) is 6.17. The van der Waals surface area contributed by atoms with Gasteiger partial charge in [0.15, 0.2) is 0 Å². The lowest BCUT2D eigenvalue weighted by atomic mass is 10.2. The number of nitriles is 1. The Balaban J connectivity index is 1.54. The van der Waals surface area contributed by atoms with Gasteiger partial charge in [-0.05, 0) is 42.5 Å². The highest BCUT2D eigenvalue weighted by Gasteiger charge is 2.18. The highest BCUT2D eigenvalue weighted by Crippen LogP contribution is 2.28. The number of nitrogens with zero attached hydrogens (tertiary/aromatic N) is 5. The molecule has 2 N–H and O–H groups in total. The van der Waals surface area contributed by atoms with Gasteiger partial charge >= 0.3 is 0 Å². The summed E-state index contributed by atoms with van der Waals surface area (Å²) in [6.07, 6.45) is 4.51. The van der Waals surface area contributed by atoms with Crippen molar-refractivity contribution >= 4 is 26.7 Å². The van der Waals surface area contributed by atoms with Crippen LogP contribution in [-0.4, -0.2) is 32.7 Å². The molecule has 4 aromatic rings. The van der Waals surface area contributed by atoms with Crippen molar-refractivity contribution in [2.45, 2.75) is 11.5 Å². The van der Waals surface area contributed by atoms with Crippen molar-refractivity contribution in [1.82, 2.24) is 19.1 Å². The van der Waals surface area contributed by atoms with Gasteiger partial charge in [-0.2, -0.15) is 14.7 Å². The summed E-state index contributed by atoms with van der Waals surface area (Å²) in [6.45, 7) is -0.0971. The first-order chi connectivity index (χ1) is 15.0. The summed E-state index contributed by atoms with van der Waals surface area (Å²) in [5, 5.41) is 22.9. The van der Waals surface area contributed by atoms with Crippen LogP contribution in [0.5, 0.6) is 11.5 Å². The molecule has 0 spiro atoms. The first-order valence-electron chi connectivity index (χ1n) is 8.75. The molecule has 0 unspecified atom stereocenters. The second-order valence-corrected chi connectivity index (χ2v) is 8.63. The normalized spacial score (nSPS) is 11.1. The minimum atomic E-state index is -3.92. The van der Waals surface area contributed by atoms with Gasteiger partial charge in [-0.1, -0.05) is 0 Å². The Kier molecular flexibility index (Phi) is 5.63. The molecule has 2 aromatic carbocycles. The van der Waals surface area contributed by atoms with E-state index in [9.17, 15) is 13.7 Å². The number of aliphatic hydroxyl groups is 1. The van der Waals surface area contributed by atoms with Gasteiger partial charge in [0.2, 0.25) is 5.13 Å². The number of benzene rings is 2. The van der Waals surface area contributed by atoms with Crippen molar-refractivity contribution in [1.29, 1.82) is 5.26 Å². The zero-order chi connectivity index (χ0) is 21.8. The molecule has 0 bridgehead atoms. The molecule has 0 aliphatic rings. The van der Waals surface area contributed by atoms with E-state index in [1.54, 1.807) is 41.3 Å². The largest absolute Gasteiger partial charge is 0.456 e. The van der Waals surface area contributed by atoms with Gasteiger partial charge < -0.3 is 9.84 Å². The molecular weight excluding hydrogens is 440 g/mol. The predicted octanol–water partition coefficient (Wildman–Crippen LogP) is 2.68. The third-order valence-corrected chi connectivity index (χ3v) is 6.16. The highest BCUT2D eigenvalue weighted by molar-refractivity contribution is 7.93. The minimum absolute atomic E-state index is 0.0591. The molecule has 0 amide bonds. The molecule has 31 heavy (non-hydrogen) atoms. The topological polar surface area (TPSA) is 143 Å². The van der Waals surface area contributed by atoms with E-state index in [0.29, 0.717) is 11.3 Å². The van der Waals surface area contributed by atoms with Crippen LogP contribution in [0, 0.1) is 11.3 Å². The quantitative estimate of drug-likeness (QED) is 0.434. The van der Waals surface area contributed by atoms with Crippen molar-refractivity contribution in [3.05, 3.63) is 72.3 Å².